The van der Waals surface area contributed by atoms with Gasteiger partial charge in [-0.2, -0.15) is 0 Å². The number of hydrogen-bond donors (Lipinski definition) is 1. The molecule has 140 valence electrons. The number of fused-ring (bicyclic) bond motifs is 1. The molecule has 2 aromatic heterocycles. The number of aromatic nitrogens is 3. The van der Waals surface area contributed by atoms with Crippen LogP contribution in [0.2, 0.25) is 0 Å². The molecule has 1 amide bonds. The van der Waals surface area contributed by atoms with Crippen LogP contribution in [0.1, 0.15) is 28.8 Å². The lowest BCUT2D eigenvalue weighted by atomic mass is 9.90. The standard InChI is InChI=1S/C20H22N4OS2/c1-24-19(16-9-8-14-5-2-3-6-15(14)11-16)22-23-20(24)27-13-18(25)21-12-17-7-4-10-26-17/h4,7-11H,2-3,5-6,12-13H2,1H3,(H,21,25). The molecule has 0 aliphatic heterocycles. The molecule has 0 unspecified atom stereocenters. The lowest BCUT2D eigenvalue weighted by Gasteiger charge is -2.16. The highest BCUT2D eigenvalue weighted by atomic mass is 32.2. The second-order valence-electron chi connectivity index (χ2n) is 6.70. The number of thioether (sulfide) groups is 1. The van der Waals surface area contributed by atoms with Crippen LogP contribution >= 0.6 is 23.1 Å². The van der Waals surface area contributed by atoms with Gasteiger partial charge >= 0.3 is 0 Å². The molecule has 3 aromatic rings. The molecule has 1 aromatic carbocycles. The zero-order valence-electron chi connectivity index (χ0n) is 15.3. The van der Waals surface area contributed by atoms with Gasteiger partial charge in [-0.1, -0.05) is 30.0 Å². The molecule has 0 saturated heterocycles. The van der Waals surface area contributed by atoms with Gasteiger partial charge in [-0.25, -0.2) is 0 Å². The minimum absolute atomic E-state index is 0.00623. The normalized spacial score (nSPS) is 13.4. The average Bonchev–Trinajstić information content (AvgIpc) is 3.34. The molecule has 0 bridgehead atoms. The highest BCUT2D eigenvalue weighted by molar-refractivity contribution is 7.99. The van der Waals surface area contributed by atoms with E-state index in [9.17, 15) is 4.79 Å². The van der Waals surface area contributed by atoms with Gasteiger partial charge in [0.25, 0.3) is 0 Å². The number of rotatable bonds is 6. The van der Waals surface area contributed by atoms with Crippen molar-refractivity contribution in [2.24, 2.45) is 7.05 Å². The van der Waals surface area contributed by atoms with E-state index >= 15 is 0 Å². The Kier molecular flexibility index (Phi) is 5.59. The maximum Gasteiger partial charge on any atom is 0.230 e. The minimum Gasteiger partial charge on any atom is -0.350 e. The van der Waals surface area contributed by atoms with Crippen molar-refractivity contribution in [1.29, 1.82) is 0 Å². The second kappa shape index (κ2) is 8.27. The topological polar surface area (TPSA) is 59.8 Å². The van der Waals surface area contributed by atoms with Gasteiger partial charge in [0.05, 0.1) is 12.3 Å². The summed E-state index contributed by atoms with van der Waals surface area (Å²) in [6, 6.07) is 10.6. The Morgan fingerprint density at radius 1 is 1.22 bits per heavy atom. The van der Waals surface area contributed by atoms with Crippen LogP contribution in [0.25, 0.3) is 11.4 Å². The van der Waals surface area contributed by atoms with E-state index in [-0.39, 0.29) is 5.91 Å². The maximum absolute atomic E-state index is 12.1. The lowest BCUT2D eigenvalue weighted by Crippen LogP contribution is -2.24. The van der Waals surface area contributed by atoms with Gasteiger partial charge in [0.1, 0.15) is 0 Å². The van der Waals surface area contributed by atoms with E-state index in [4.69, 9.17) is 0 Å². The average molecular weight is 399 g/mol. The molecular formula is C20H22N4OS2. The molecule has 5 nitrogen and oxygen atoms in total. The predicted molar refractivity (Wildman–Crippen MR) is 110 cm³/mol. The molecule has 7 heteroatoms. The van der Waals surface area contributed by atoms with Crippen molar-refractivity contribution < 1.29 is 4.79 Å². The maximum atomic E-state index is 12.1. The van der Waals surface area contributed by atoms with Gasteiger partial charge in [-0.05, 0) is 54.3 Å². The summed E-state index contributed by atoms with van der Waals surface area (Å²) in [4.78, 5) is 13.2. The third-order valence-electron chi connectivity index (χ3n) is 4.81. The van der Waals surface area contributed by atoms with Gasteiger partial charge in [-0.3, -0.25) is 4.79 Å². The summed E-state index contributed by atoms with van der Waals surface area (Å²) in [5.41, 5.74) is 3.99. The predicted octanol–water partition coefficient (Wildman–Crippen LogP) is 3.83. The largest absolute Gasteiger partial charge is 0.350 e. The zero-order chi connectivity index (χ0) is 18.6. The quantitative estimate of drug-likeness (QED) is 0.641. The first-order valence-corrected chi connectivity index (χ1v) is 11.0. The van der Waals surface area contributed by atoms with E-state index in [0.29, 0.717) is 12.3 Å². The summed E-state index contributed by atoms with van der Waals surface area (Å²) in [5.74, 6) is 1.19. The zero-order valence-corrected chi connectivity index (χ0v) is 16.9. The van der Waals surface area contributed by atoms with E-state index < -0.39 is 0 Å². The summed E-state index contributed by atoms with van der Waals surface area (Å²) >= 11 is 3.06. The summed E-state index contributed by atoms with van der Waals surface area (Å²) in [6.07, 6.45) is 4.87. The van der Waals surface area contributed by atoms with Gasteiger partial charge in [0, 0.05) is 17.5 Å². The highest BCUT2D eigenvalue weighted by Gasteiger charge is 2.15. The van der Waals surface area contributed by atoms with Crippen LogP contribution in [0.5, 0.6) is 0 Å². The molecule has 0 saturated carbocycles. The Morgan fingerprint density at radius 3 is 2.89 bits per heavy atom. The monoisotopic (exact) mass is 398 g/mol. The van der Waals surface area contributed by atoms with E-state index in [1.54, 1.807) is 11.3 Å². The van der Waals surface area contributed by atoms with Crippen molar-refractivity contribution in [3.63, 3.8) is 0 Å². The molecule has 0 spiro atoms. The summed E-state index contributed by atoms with van der Waals surface area (Å²) in [5, 5.41) is 14.4. The summed E-state index contributed by atoms with van der Waals surface area (Å²) < 4.78 is 1.97. The third-order valence-corrected chi connectivity index (χ3v) is 6.71. The van der Waals surface area contributed by atoms with Crippen LogP contribution in [0.3, 0.4) is 0 Å². The van der Waals surface area contributed by atoms with Crippen LogP contribution in [-0.4, -0.2) is 26.4 Å². The van der Waals surface area contributed by atoms with Crippen LogP contribution in [0, 0.1) is 0 Å². The molecule has 27 heavy (non-hydrogen) atoms. The first-order chi connectivity index (χ1) is 13.2. The number of benzene rings is 1. The van der Waals surface area contributed by atoms with E-state index in [0.717, 1.165) is 27.8 Å². The van der Waals surface area contributed by atoms with Crippen LogP contribution in [-0.2, 0) is 31.2 Å². The van der Waals surface area contributed by atoms with Gasteiger partial charge in [-0.15, -0.1) is 21.5 Å². The van der Waals surface area contributed by atoms with Crippen molar-refractivity contribution in [3.05, 3.63) is 51.7 Å². The van der Waals surface area contributed by atoms with E-state index in [1.807, 2.05) is 29.1 Å². The highest BCUT2D eigenvalue weighted by Crippen LogP contribution is 2.28. The van der Waals surface area contributed by atoms with Crippen LogP contribution in [0.15, 0.2) is 40.9 Å². The Hall–Kier alpha value is -2.12. The number of nitrogens with one attached hydrogen (secondary N) is 1. The molecule has 4 rings (SSSR count). The molecule has 0 fully saturated rings. The first-order valence-electron chi connectivity index (χ1n) is 9.14. The Labute approximate surface area is 167 Å². The first kappa shape index (κ1) is 18.3. The molecular weight excluding hydrogens is 376 g/mol. The summed E-state index contributed by atoms with van der Waals surface area (Å²) in [6.45, 7) is 0.580. The van der Waals surface area contributed by atoms with Crippen molar-refractivity contribution in [1.82, 2.24) is 20.1 Å². The molecule has 0 atom stereocenters. The van der Waals surface area contributed by atoms with Crippen LogP contribution < -0.4 is 5.32 Å². The second-order valence-corrected chi connectivity index (χ2v) is 8.68. The fourth-order valence-corrected chi connectivity index (χ4v) is 4.73. The Balaban J connectivity index is 1.39. The molecule has 1 aliphatic rings. The third kappa shape index (κ3) is 4.25. The lowest BCUT2D eigenvalue weighted by molar-refractivity contribution is -0.118. The van der Waals surface area contributed by atoms with Gasteiger partial charge in [0.2, 0.25) is 5.91 Å². The van der Waals surface area contributed by atoms with E-state index in [2.05, 4.69) is 33.7 Å². The number of carbonyl (C=O) groups is 1. The van der Waals surface area contributed by atoms with Crippen LogP contribution in [0.4, 0.5) is 0 Å². The van der Waals surface area contributed by atoms with E-state index in [1.165, 1.54) is 42.2 Å². The number of nitrogens with zero attached hydrogens (tertiary/aromatic N) is 3. The van der Waals surface area contributed by atoms with Gasteiger partial charge < -0.3 is 9.88 Å². The molecule has 1 aliphatic carbocycles. The van der Waals surface area contributed by atoms with Crippen molar-refractivity contribution in [2.45, 2.75) is 37.4 Å². The van der Waals surface area contributed by atoms with Gasteiger partial charge in [0.15, 0.2) is 11.0 Å². The minimum atomic E-state index is 0.00623. The Bertz CT molecular complexity index is 934. The number of carbonyl (C=O) groups excluding carboxylic acids is 1. The number of amides is 1. The fraction of sp³-hybridized carbons (Fsp3) is 0.350. The molecule has 2 heterocycles. The fourth-order valence-electron chi connectivity index (χ4n) is 3.34. The Morgan fingerprint density at radius 2 is 2.07 bits per heavy atom. The summed E-state index contributed by atoms with van der Waals surface area (Å²) in [7, 11) is 1.96. The van der Waals surface area contributed by atoms with Crippen molar-refractivity contribution in [2.75, 3.05) is 5.75 Å². The van der Waals surface area contributed by atoms with Crippen molar-refractivity contribution in [3.8, 4) is 11.4 Å². The smallest absolute Gasteiger partial charge is 0.230 e. The molecule has 0 radical (unpaired) electrons. The SMILES string of the molecule is Cn1c(SCC(=O)NCc2cccs2)nnc1-c1ccc2c(c1)CCCC2. The number of hydrogen-bond acceptors (Lipinski definition) is 5. The number of aryl methyl sites for hydroxylation is 2. The number of thiophene rings is 1. The van der Waals surface area contributed by atoms with Crippen molar-refractivity contribution >= 4 is 29.0 Å². The molecule has 1 N–H and O–H groups in total.